The predicted molar refractivity (Wildman–Crippen MR) is 293 cm³/mol. The second-order valence-corrected chi connectivity index (χ2v) is 22.2. The third-order valence-electron chi connectivity index (χ3n) is 15.7. The zero-order chi connectivity index (χ0) is 59.0. The van der Waals surface area contributed by atoms with E-state index in [-0.39, 0.29) is 31.6 Å². The Bertz CT molecular complexity index is 2330. The molecule has 0 bridgehead atoms. The minimum Gasteiger partial charge on any atom is -0.463 e. The molecule has 80 heavy (non-hydrogen) atoms. The fourth-order valence-electron chi connectivity index (χ4n) is 12.1. The van der Waals surface area contributed by atoms with Gasteiger partial charge in [0.25, 0.3) is 0 Å². The molecule has 1 aromatic heterocycles. The molecule has 3 aliphatic heterocycles. The van der Waals surface area contributed by atoms with E-state index in [1.54, 1.807) is 27.7 Å². The van der Waals surface area contributed by atoms with Crippen LogP contribution in [0.4, 0.5) is 0 Å². The van der Waals surface area contributed by atoms with Crippen LogP contribution in [0.2, 0.25) is 0 Å². The number of pyridine rings is 1. The van der Waals surface area contributed by atoms with Gasteiger partial charge in [0.05, 0.1) is 30.2 Å². The third-order valence-corrected chi connectivity index (χ3v) is 15.7. The highest BCUT2D eigenvalue weighted by Crippen LogP contribution is 2.44. The van der Waals surface area contributed by atoms with Gasteiger partial charge in [-0.25, -0.2) is 0 Å². The van der Waals surface area contributed by atoms with Crippen molar-refractivity contribution in [2.45, 2.75) is 212 Å². The number of rotatable bonds is 20. The molecule has 450 valence electrons. The van der Waals surface area contributed by atoms with Crippen molar-refractivity contribution in [1.29, 1.82) is 0 Å². The van der Waals surface area contributed by atoms with Gasteiger partial charge in [-0.3, -0.25) is 38.7 Å². The summed E-state index contributed by atoms with van der Waals surface area (Å²) >= 11 is 0. The van der Waals surface area contributed by atoms with Gasteiger partial charge < -0.3 is 61.7 Å². The second kappa shape index (κ2) is 31.0. The average molecular weight is 1130 g/mol. The molecule has 0 unspecified atom stereocenters. The number of esters is 6. The molecule has 21 nitrogen and oxygen atoms in total. The zero-order valence-corrected chi connectivity index (χ0v) is 49.9. The van der Waals surface area contributed by atoms with E-state index < -0.39 is 139 Å². The molecule has 0 saturated carbocycles. The fourth-order valence-corrected chi connectivity index (χ4v) is 12.1. The SMILES string of the molecule is CCC(=O)O[C@@H]1CC(=O)O[C@H](C)CCN(CCCc2ccnc3ccccc23)C[C@H](OC(C)=O)[C@H](C)C[C@H](CC(OC)OC)[C@H]([C@@H]2O[C@H](C)[C@@H](O[C@H]3C[C@@](C)(OC(C)=O)[C@@H](OC(=O)CC)[C@H](C)O3)[C@H](N(C)C)[C@H]2OC(C)=O)[C@@H]1OC. The second-order valence-electron chi connectivity index (χ2n) is 22.2. The number of nitrogens with zero attached hydrogens (tertiary/aromatic N) is 3. The number of cyclic esters (lactones) is 1. The normalized spacial score (nSPS) is 32.3. The lowest BCUT2D eigenvalue weighted by molar-refractivity contribution is -0.320. The Morgan fingerprint density at radius 1 is 0.825 bits per heavy atom. The number of benzene rings is 1. The first-order chi connectivity index (χ1) is 37.9. The summed E-state index contributed by atoms with van der Waals surface area (Å²) in [4.78, 5) is 88.7. The first-order valence-electron chi connectivity index (χ1n) is 28.3. The lowest BCUT2D eigenvalue weighted by Crippen LogP contribution is -2.68. The number of fused-ring (bicyclic) bond motifs is 1. The number of aromatic nitrogens is 1. The summed E-state index contributed by atoms with van der Waals surface area (Å²) < 4.78 is 75.7. The molecule has 21 heteroatoms. The van der Waals surface area contributed by atoms with Gasteiger partial charge in [-0.05, 0) is 104 Å². The molecule has 3 saturated heterocycles. The standard InChI is InChI=1S/C59H91N3O18/c1-16-47(66)77-45-31-49(68)72-35(4)25-28-62(27-20-21-41-24-26-60-44-23-19-18-22-43(41)44)33-46(75-38(7)63)34(3)29-42(30-50(69-13)70-14)52(55(45)71-15)56-57(76-39(8)64)53(61(11)12)54(36(5)74-56)79-51-32-59(10,80-40(9)65)58(37(6)73-51)78-48(67)17-2/h18-19,22-24,26,34-37,42,45-46,50-58H,16-17,20-21,25,27-33H2,1-15H3/t34-,35-,36-,37+,42-,45-,46+,51+,52+,53+,54-,55-,56+,57-,58+,59-/m1/s1. The smallest absolute Gasteiger partial charge is 0.309 e. The van der Waals surface area contributed by atoms with Crippen molar-refractivity contribution >= 4 is 46.7 Å². The molecule has 16 atom stereocenters. The van der Waals surface area contributed by atoms with Crippen LogP contribution < -0.4 is 0 Å². The van der Waals surface area contributed by atoms with E-state index in [1.807, 2.05) is 70.2 Å². The molecule has 5 rings (SSSR count). The summed E-state index contributed by atoms with van der Waals surface area (Å²) in [6.45, 7) is 17.7. The molecule has 0 spiro atoms. The molecule has 3 fully saturated rings. The molecule has 0 amide bonds. The Morgan fingerprint density at radius 2 is 1.50 bits per heavy atom. The monoisotopic (exact) mass is 1130 g/mol. The van der Waals surface area contributed by atoms with E-state index in [1.165, 1.54) is 42.1 Å². The van der Waals surface area contributed by atoms with E-state index >= 15 is 0 Å². The third kappa shape index (κ3) is 18.1. The highest BCUT2D eigenvalue weighted by molar-refractivity contribution is 5.81. The number of hydrogen-bond donors (Lipinski definition) is 0. The van der Waals surface area contributed by atoms with Gasteiger partial charge in [0.15, 0.2) is 24.3 Å². The molecular formula is C59H91N3O18. The van der Waals surface area contributed by atoms with Crippen molar-refractivity contribution in [2.75, 3.05) is 55.1 Å². The van der Waals surface area contributed by atoms with E-state index in [0.717, 1.165) is 29.3 Å². The van der Waals surface area contributed by atoms with Crippen LogP contribution >= 0.6 is 0 Å². The van der Waals surface area contributed by atoms with E-state index in [2.05, 4.69) is 16.0 Å². The van der Waals surface area contributed by atoms with Gasteiger partial charge in [0.1, 0.15) is 42.7 Å². The van der Waals surface area contributed by atoms with E-state index in [0.29, 0.717) is 32.5 Å². The van der Waals surface area contributed by atoms with Crippen LogP contribution in [0.1, 0.15) is 126 Å². The Balaban J connectivity index is 1.64. The number of hydrogen-bond acceptors (Lipinski definition) is 21. The van der Waals surface area contributed by atoms with Gasteiger partial charge in [-0.1, -0.05) is 39.0 Å². The Morgan fingerprint density at radius 3 is 2.12 bits per heavy atom. The number of aryl methyl sites for hydroxylation is 1. The summed E-state index contributed by atoms with van der Waals surface area (Å²) in [7, 11) is 8.12. The van der Waals surface area contributed by atoms with Crippen molar-refractivity contribution in [3.8, 4) is 0 Å². The molecule has 4 heterocycles. The van der Waals surface area contributed by atoms with Crippen molar-refractivity contribution in [1.82, 2.24) is 14.8 Å². The fraction of sp³-hybridized carbons (Fsp3) is 0.746. The van der Waals surface area contributed by atoms with Gasteiger partial charge in [-0.15, -0.1) is 0 Å². The van der Waals surface area contributed by atoms with Crippen molar-refractivity contribution in [2.24, 2.45) is 17.8 Å². The Hall–Kier alpha value is -4.87. The Kier molecular flexibility index (Phi) is 25.5. The predicted octanol–water partition coefficient (Wildman–Crippen LogP) is 6.54. The average Bonchev–Trinajstić information content (AvgIpc) is 3.50. The molecular weight excluding hydrogens is 1040 g/mol. The van der Waals surface area contributed by atoms with Crippen LogP contribution in [0.3, 0.4) is 0 Å². The minimum atomic E-state index is -1.37. The maximum absolute atomic E-state index is 14.3. The summed E-state index contributed by atoms with van der Waals surface area (Å²) in [5, 5.41) is 1.08. The van der Waals surface area contributed by atoms with Gasteiger partial charge in [0, 0.05) is 98.4 Å². The summed E-state index contributed by atoms with van der Waals surface area (Å²) in [5.74, 6) is -5.34. The lowest BCUT2D eigenvalue weighted by atomic mass is 9.70. The zero-order valence-electron chi connectivity index (χ0n) is 49.9. The molecule has 0 radical (unpaired) electrons. The van der Waals surface area contributed by atoms with Crippen LogP contribution in [-0.2, 0) is 92.0 Å². The number of carbonyl (C=O) groups excluding carboxylic acids is 6. The number of ether oxygens (including phenoxy) is 12. The maximum atomic E-state index is 14.3. The first-order valence-corrected chi connectivity index (χ1v) is 28.3. The molecule has 0 aliphatic carbocycles. The number of likely N-dealkylation sites (N-methyl/N-ethyl adjacent to an activating group) is 1. The highest BCUT2D eigenvalue weighted by atomic mass is 16.7. The van der Waals surface area contributed by atoms with Crippen LogP contribution in [0, 0.1) is 17.8 Å². The van der Waals surface area contributed by atoms with Crippen LogP contribution in [0.5, 0.6) is 0 Å². The van der Waals surface area contributed by atoms with E-state index in [9.17, 15) is 28.8 Å². The molecule has 2 aromatic rings. The lowest BCUT2D eigenvalue weighted by Gasteiger charge is -2.54. The topological polar surface area (TPSA) is 233 Å². The summed E-state index contributed by atoms with van der Waals surface area (Å²) in [6.07, 6.45) is -7.42. The highest BCUT2D eigenvalue weighted by Gasteiger charge is 2.58. The quantitative estimate of drug-likeness (QED) is 0.0777. The van der Waals surface area contributed by atoms with Gasteiger partial charge in [-0.2, -0.15) is 0 Å². The summed E-state index contributed by atoms with van der Waals surface area (Å²) in [6, 6.07) is 9.27. The van der Waals surface area contributed by atoms with Crippen molar-refractivity contribution in [3.05, 3.63) is 42.1 Å². The van der Waals surface area contributed by atoms with Crippen LogP contribution in [0.25, 0.3) is 10.9 Å². The number of methoxy groups -OCH3 is 3. The number of carbonyl (C=O) groups is 6. The first kappa shape index (κ1) is 65.9. The van der Waals surface area contributed by atoms with Crippen molar-refractivity contribution < 1.29 is 85.6 Å². The number of para-hydroxylation sites is 1. The van der Waals surface area contributed by atoms with Crippen LogP contribution in [-0.4, -0.2) is 191 Å². The van der Waals surface area contributed by atoms with Crippen LogP contribution in [0.15, 0.2) is 36.5 Å². The molecule has 3 aliphatic rings. The van der Waals surface area contributed by atoms with E-state index in [4.69, 9.17) is 56.8 Å². The largest absolute Gasteiger partial charge is 0.463 e. The van der Waals surface area contributed by atoms with Gasteiger partial charge in [0.2, 0.25) is 0 Å². The Labute approximate surface area is 472 Å². The molecule has 1 aromatic carbocycles. The maximum Gasteiger partial charge on any atom is 0.309 e. The molecule has 0 N–H and O–H groups in total. The van der Waals surface area contributed by atoms with Gasteiger partial charge >= 0.3 is 35.8 Å². The minimum absolute atomic E-state index is 0.0227. The van der Waals surface area contributed by atoms with Crippen molar-refractivity contribution in [3.63, 3.8) is 0 Å². The summed E-state index contributed by atoms with van der Waals surface area (Å²) in [5.41, 5.74) is 0.705.